The third kappa shape index (κ3) is 7.18. The first-order chi connectivity index (χ1) is 24.7. The number of carbonyl (C=O) groups is 4. The summed E-state index contributed by atoms with van der Waals surface area (Å²) in [4.78, 5) is 62.2. The summed E-state index contributed by atoms with van der Waals surface area (Å²) in [5, 5.41) is 14.0. The van der Waals surface area contributed by atoms with Crippen molar-refractivity contribution in [1.29, 1.82) is 0 Å². The Bertz CT molecular complexity index is 1960. The lowest BCUT2D eigenvalue weighted by Gasteiger charge is -2.23. The first kappa shape index (κ1) is 33.1. The van der Waals surface area contributed by atoms with E-state index in [1.165, 1.54) is 34.1 Å². The Labute approximate surface area is 289 Å². The fourth-order valence-electron chi connectivity index (χ4n) is 6.21. The molecule has 13 nitrogen and oxygen atoms in total. The van der Waals surface area contributed by atoms with Crippen molar-refractivity contribution in [1.82, 2.24) is 30.0 Å². The van der Waals surface area contributed by atoms with Crippen LogP contribution < -0.4 is 10.6 Å². The summed E-state index contributed by atoms with van der Waals surface area (Å²) in [6, 6.07) is 20.1. The van der Waals surface area contributed by atoms with E-state index in [1.54, 1.807) is 48.5 Å². The summed E-state index contributed by atoms with van der Waals surface area (Å²) in [5.74, 6) is -2.76. The third-order valence-electron chi connectivity index (χ3n) is 8.72. The molecule has 2 saturated heterocycles. The van der Waals surface area contributed by atoms with Gasteiger partial charge in [-0.25, -0.2) is 9.97 Å². The number of halogens is 2. The van der Waals surface area contributed by atoms with Crippen LogP contribution in [0.25, 0.3) is 22.9 Å². The number of nitrogens with zero attached hydrogens (tertiary/aromatic N) is 6. The van der Waals surface area contributed by atoms with Gasteiger partial charge in [0.2, 0.25) is 35.5 Å². The monoisotopic (exact) mass is 692 g/mol. The molecule has 0 spiro atoms. The number of likely N-dealkylation sites (tertiary alicyclic amines) is 2. The summed E-state index contributed by atoms with van der Waals surface area (Å²) in [7, 11) is 0. The first-order valence-electron chi connectivity index (χ1n) is 16.3. The van der Waals surface area contributed by atoms with E-state index in [0.29, 0.717) is 61.3 Å². The highest BCUT2D eigenvalue weighted by molar-refractivity contribution is 6.02. The average molecular weight is 693 g/mol. The highest BCUT2D eigenvalue weighted by atomic mass is 19.1. The predicted octanol–water partition coefficient (Wildman–Crippen LogP) is 4.96. The van der Waals surface area contributed by atoms with E-state index in [9.17, 15) is 28.0 Å². The molecule has 258 valence electrons. The molecule has 7 rings (SSSR count). The van der Waals surface area contributed by atoms with Gasteiger partial charge in [-0.15, -0.1) is 10.2 Å². The van der Waals surface area contributed by atoms with Crippen molar-refractivity contribution in [3.8, 4) is 22.9 Å². The van der Waals surface area contributed by atoms with Crippen LogP contribution in [0.2, 0.25) is 0 Å². The number of pyridine rings is 2. The maximum Gasteiger partial charge on any atom is 0.273 e. The van der Waals surface area contributed by atoms with Crippen molar-refractivity contribution in [3.05, 3.63) is 108 Å². The quantitative estimate of drug-likeness (QED) is 0.214. The minimum atomic E-state index is -0.764. The van der Waals surface area contributed by atoms with Crippen LogP contribution in [0, 0.1) is 11.9 Å². The lowest BCUT2D eigenvalue weighted by Crippen LogP contribution is -2.43. The fourth-order valence-corrected chi connectivity index (χ4v) is 6.21. The fraction of sp³-hybridized carbons (Fsp3) is 0.222. The van der Waals surface area contributed by atoms with E-state index in [0.717, 1.165) is 12.1 Å². The smallest absolute Gasteiger partial charge is 0.273 e. The minimum absolute atomic E-state index is 0.0523. The molecule has 2 aliphatic heterocycles. The molecule has 15 heteroatoms. The Kier molecular flexibility index (Phi) is 9.24. The summed E-state index contributed by atoms with van der Waals surface area (Å²) in [6.45, 7) is 0.729. The van der Waals surface area contributed by atoms with Crippen LogP contribution in [0.4, 0.5) is 20.2 Å². The molecule has 4 amide bonds. The first-order valence-corrected chi connectivity index (χ1v) is 16.3. The number of benzene rings is 2. The maximum atomic E-state index is 13.6. The number of hydrogen-bond donors (Lipinski definition) is 2. The molecule has 0 radical (unpaired) electrons. The van der Waals surface area contributed by atoms with Gasteiger partial charge in [0.25, 0.3) is 11.8 Å². The van der Waals surface area contributed by atoms with Gasteiger partial charge in [0.05, 0.1) is 0 Å². The molecule has 0 bridgehead atoms. The van der Waals surface area contributed by atoms with Gasteiger partial charge in [-0.2, -0.15) is 8.78 Å². The number of carbonyl (C=O) groups excluding carboxylic acids is 4. The Morgan fingerprint density at radius 1 is 0.608 bits per heavy atom. The second-order valence-electron chi connectivity index (χ2n) is 12.0. The molecule has 2 atom stereocenters. The molecule has 2 fully saturated rings. The van der Waals surface area contributed by atoms with E-state index in [1.807, 2.05) is 0 Å². The summed E-state index contributed by atoms with van der Waals surface area (Å²) < 4.78 is 33.0. The van der Waals surface area contributed by atoms with E-state index in [-0.39, 0.29) is 35.0 Å². The van der Waals surface area contributed by atoms with Crippen molar-refractivity contribution in [2.24, 2.45) is 0 Å². The van der Waals surface area contributed by atoms with Crippen molar-refractivity contribution in [2.45, 2.75) is 37.8 Å². The molecular weight excluding hydrogens is 662 g/mol. The zero-order chi connectivity index (χ0) is 35.5. The second-order valence-corrected chi connectivity index (χ2v) is 12.0. The highest BCUT2D eigenvalue weighted by Crippen LogP contribution is 2.28. The third-order valence-corrected chi connectivity index (χ3v) is 8.72. The van der Waals surface area contributed by atoms with Gasteiger partial charge >= 0.3 is 0 Å². The molecule has 0 saturated carbocycles. The van der Waals surface area contributed by atoms with E-state index in [2.05, 4.69) is 30.8 Å². The van der Waals surface area contributed by atoms with Crippen LogP contribution in [0.5, 0.6) is 0 Å². The van der Waals surface area contributed by atoms with Crippen LogP contribution in [-0.4, -0.2) is 78.8 Å². The minimum Gasteiger partial charge on any atom is -0.416 e. The molecule has 5 heterocycles. The maximum absolute atomic E-state index is 13.6. The Hall–Kier alpha value is -6.38. The van der Waals surface area contributed by atoms with E-state index >= 15 is 0 Å². The molecule has 51 heavy (non-hydrogen) atoms. The van der Waals surface area contributed by atoms with Crippen LogP contribution in [0.3, 0.4) is 0 Å². The average Bonchev–Trinajstić information content (AvgIpc) is 3.94. The zero-order valence-electron chi connectivity index (χ0n) is 27.0. The second kappa shape index (κ2) is 14.2. The number of aromatic nitrogens is 4. The highest BCUT2D eigenvalue weighted by Gasteiger charge is 2.36. The largest absolute Gasteiger partial charge is 0.416 e. The van der Waals surface area contributed by atoms with Gasteiger partial charge in [0.1, 0.15) is 23.5 Å². The topological polar surface area (TPSA) is 164 Å². The Balaban J connectivity index is 0.951. The van der Waals surface area contributed by atoms with Crippen molar-refractivity contribution < 1.29 is 32.4 Å². The van der Waals surface area contributed by atoms with E-state index in [4.69, 9.17) is 4.42 Å². The van der Waals surface area contributed by atoms with Gasteiger partial charge in [-0.3, -0.25) is 19.2 Å². The molecule has 5 aromatic rings. The number of nitrogens with one attached hydrogen (secondary N) is 2. The normalized spacial score (nSPS) is 17.0. The van der Waals surface area contributed by atoms with Crippen LogP contribution in [0.1, 0.15) is 46.7 Å². The summed E-state index contributed by atoms with van der Waals surface area (Å²) >= 11 is 0. The Morgan fingerprint density at radius 2 is 1.02 bits per heavy atom. The number of hydrogen-bond acceptors (Lipinski definition) is 9. The molecule has 2 aromatic carbocycles. The van der Waals surface area contributed by atoms with Crippen molar-refractivity contribution in [2.75, 3.05) is 23.7 Å². The summed E-state index contributed by atoms with van der Waals surface area (Å²) in [5.41, 5.74) is 2.11. The molecule has 3 aromatic heterocycles. The summed E-state index contributed by atoms with van der Waals surface area (Å²) in [6.07, 6.45) is 2.21. The molecule has 0 aliphatic carbocycles. The lowest BCUT2D eigenvalue weighted by atomic mass is 10.1. The van der Waals surface area contributed by atoms with Crippen molar-refractivity contribution >= 4 is 35.0 Å². The van der Waals surface area contributed by atoms with Crippen LogP contribution >= 0.6 is 0 Å². The standard InChI is InChI=1S/C36H30F2N8O5/c37-29-9-1-5-25(41-29)35(49)45-19-3-7-27(45)31(47)39-23-15-11-21(12-16-23)33-43-44-34(51-33)22-13-17-24(18-14-22)40-32(48)28-8-4-20-46(28)36(50)26-6-2-10-30(38)42-26/h1-2,5-6,9-18,27-28H,3-4,7-8,19-20H2,(H,39,47)(H,40,48)/t27-,28-/m1/s1. The zero-order valence-corrected chi connectivity index (χ0v) is 27.0. The molecule has 2 aliphatic rings. The molecular formula is C36H30F2N8O5. The number of amides is 4. The van der Waals surface area contributed by atoms with Gasteiger partial charge in [-0.1, -0.05) is 12.1 Å². The number of rotatable bonds is 8. The van der Waals surface area contributed by atoms with Crippen LogP contribution in [0.15, 0.2) is 89.3 Å². The van der Waals surface area contributed by atoms with Crippen molar-refractivity contribution in [3.63, 3.8) is 0 Å². The molecule has 0 unspecified atom stereocenters. The van der Waals surface area contributed by atoms with Gasteiger partial charge in [0, 0.05) is 35.6 Å². The van der Waals surface area contributed by atoms with Gasteiger partial charge in [0.15, 0.2) is 0 Å². The SMILES string of the molecule is O=C(Nc1ccc(-c2nnc(-c3ccc(NC(=O)[C@H]4CCCN4C(=O)c4cccc(F)n4)cc3)o2)cc1)[C@H]1CCCN1C(=O)c1cccc(F)n1. The van der Waals surface area contributed by atoms with Gasteiger partial charge < -0.3 is 24.9 Å². The number of anilines is 2. The van der Waals surface area contributed by atoms with Gasteiger partial charge in [-0.05, 0) is 98.5 Å². The van der Waals surface area contributed by atoms with Crippen LogP contribution in [-0.2, 0) is 9.59 Å². The Morgan fingerprint density at radius 3 is 1.41 bits per heavy atom. The van der Waals surface area contributed by atoms with E-state index < -0.39 is 35.8 Å². The lowest BCUT2D eigenvalue weighted by molar-refractivity contribution is -0.120. The predicted molar refractivity (Wildman–Crippen MR) is 179 cm³/mol. The molecule has 2 N–H and O–H groups in total.